The molecule has 8 nitrogen and oxygen atoms in total. The summed E-state index contributed by atoms with van der Waals surface area (Å²) in [7, 11) is 1.25. The van der Waals surface area contributed by atoms with Crippen LogP contribution in [0, 0.1) is 0 Å². The summed E-state index contributed by atoms with van der Waals surface area (Å²) in [6.45, 7) is 4.65. The minimum Gasteiger partial charge on any atom is -0.756 e. The van der Waals surface area contributed by atoms with Crippen molar-refractivity contribution in [2.75, 3.05) is 40.9 Å². The van der Waals surface area contributed by atoms with Crippen molar-refractivity contribution in [1.82, 2.24) is 5.32 Å². The van der Waals surface area contributed by atoms with Crippen molar-refractivity contribution in [3.63, 3.8) is 0 Å². The second-order valence-corrected chi connectivity index (χ2v) is 23.8. The zero-order chi connectivity index (χ0) is 52.7. The van der Waals surface area contributed by atoms with E-state index in [9.17, 15) is 19.4 Å². The lowest BCUT2D eigenvalue weighted by molar-refractivity contribution is -0.870. The molecule has 0 aliphatic heterocycles. The van der Waals surface area contributed by atoms with Crippen LogP contribution in [0.3, 0.4) is 0 Å². The number of quaternary nitrogens is 1. The molecular weight excluding hydrogens is 912 g/mol. The summed E-state index contributed by atoms with van der Waals surface area (Å²) >= 11 is 0. The first-order chi connectivity index (χ1) is 35.0. The second-order valence-electron chi connectivity index (χ2n) is 22.4. The monoisotopic (exact) mass is 1030 g/mol. The fourth-order valence-corrected chi connectivity index (χ4v) is 9.87. The van der Waals surface area contributed by atoms with Gasteiger partial charge in [-0.2, -0.15) is 0 Å². The Labute approximate surface area is 448 Å². The average Bonchev–Trinajstić information content (AvgIpc) is 3.34. The number of carbonyl (C=O) groups is 1. The molecule has 2 N–H and O–H groups in total. The molecule has 0 aromatic rings. The number of rotatable bonds is 57. The van der Waals surface area contributed by atoms with Crippen molar-refractivity contribution in [3.05, 3.63) is 48.6 Å². The topological polar surface area (TPSA) is 108 Å². The van der Waals surface area contributed by atoms with E-state index in [0.717, 1.165) is 44.9 Å². The van der Waals surface area contributed by atoms with Gasteiger partial charge in [-0.1, -0.05) is 274 Å². The molecule has 0 rings (SSSR count). The number of amides is 1. The highest BCUT2D eigenvalue weighted by molar-refractivity contribution is 7.45. The van der Waals surface area contributed by atoms with Crippen molar-refractivity contribution in [2.24, 2.45) is 0 Å². The Morgan fingerprint density at radius 1 is 0.486 bits per heavy atom. The zero-order valence-corrected chi connectivity index (χ0v) is 49.3. The maximum Gasteiger partial charge on any atom is 0.268 e. The van der Waals surface area contributed by atoms with Gasteiger partial charge in [0.15, 0.2) is 0 Å². The van der Waals surface area contributed by atoms with Gasteiger partial charge in [-0.3, -0.25) is 9.36 Å². The summed E-state index contributed by atoms with van der Waals surface area (Å²) in [5.74, 6) is -0.209. The fraction of sp³-hybridized carbons (Fsp3) is 0.857. The molecule has 0 saturated heterocycles. The summed E-state index contributed by atoms with van der Waals surface area (Å²) in [5, 5.41) is 13.9. The van der Waals surface area contributed by atoms with Crippen molar-refractivity contribution in [3.8, 4) is 0 Å². The van der Waals surface area contributed by atoms with Crippen LogP contribution in [0.2, 0.25) is 0 Å². The predicted octanol–water partition coefficient (Wildman–Crippen LogP) is 18.5. The van der Waals surface area contributed by atoms with Gasteiger partial charge in [0.2, 0.25) is 5.91 Å². The van der Waals surface area contributed by atoms with E-state index >= 15 is 0 Å². The van der Waals surface area contributed by atoms with Crippen molar-refractivity contribution in [2.45, 2.75) is 309 Å². The highest BCUT2D eigenvalue weighted by atomic mass is 31.2. The van der Waals surface area contributed by atoms with E-state index in [-0.39, 0.29) is 12.5 Å². The number of allylic oxidation sites excluding steroid dienone is 7. The Bertz CT molecular complexity index is 1310. The van der Waals surface area contributed by atoms with Gasteiger partial charge in [-0.25, -0.2) is 0 Å². The first-order valence-electron chi connectivity index (χ1n) is 31.0. The van der Waals surface area contributed by atoms with Gasteiger partial charge < -0.3 is 28.8 Å². The van der Waals surface area contributed by atoms with E-state index in [1.54, 1.807) is 6.08 Å². The van der Waals surface area contributed by atoms with Crippen LogP contribution >= 0.6 is 7.82 Å². The predicted molar refractivity (Wildman–Crippen MR) is 311 cm³/mol. The molecule has 1 amide bonds. The third-order valence-corrected chi connectivity index (χ3v) is 15.0. The quantitative estimate of drug-likeness (QED) is 0.0272. The summed E-state index contributed by atoms with van der Waals surface area (Å²) < 4.78 is 23.4. The van der Waals surface area contributed by atoms with Gasteiger partial charge >= 0.3 is 0 Å². The first kappa shape index (κ1) is 70.5. The van der Waals surface area contributed by atoms with Crippen LogP contribution < -0.4 is 10.2 Å². The lowest BCUT2D eigenvalue weighted by Crippen LogP contribution is -2.45. The summed E-state index contributed by atoms with van der Waals surface area (Å²) in [6.07, 6.45) is 72.1. The SMILES string of the molecule is CCCCCCC/C=C\C/C=C\CCCCCCCCCCCC(=O)NC(COP(=O)([O-])OCC[N+](C)(C)C)C(O)/C=C/CC/C=C/CCCCCCCCCCCCCCCCCCCCCCCCC. The fourth-order valence-electron chi connectivity index (χ4n) is 9.14. The molecule has 0 radical (unpaired) electrons. The number of hydrogen-bond donors (Lipinski definition) is 2. The molecule has 0 bridgehead atoms. The van der Waals surface area contributed by atoms with Gasteiger partial charge in [0.05, 0.1) is 39.9 Å². The van der Waals surface area contributed by atoms with Crippen molar-refractivity contribution < 1.29 is 32.9 Å². The average molecular weight is 1030 g/mol. The zero-order valence-electron chi connectivity index (χ0n) is 48.4. The number of likely N-dealkylation sites (N-methyl/N-ethyl adjacent to an activating group) is 1. The summed E-state index contributed by atoms with van der Waals surface area (Å²) in [6, 6.07) is -0.908. The molecule has 0 aromatic carbocycles. The molecule has 72 heavy (non-hydrogen) atoms. The third kappa shape index (κ3) is 56.2. The summed E-state index contributed by atoms with van der Waals surface area (Å²) in [5.41, 5.74) is 0. The maximum atomic E-state index is 13.0. The van der Waals surface area contributed by atoms with E-state index in [4.69, 9.17) is 9.05 Å². The standard InChI is InChI=1S/C63H121N2O6P/c1-6-8-10-12-14-16-18-20-22-24-26-28-29-30-31-32-33-34-35-37-38-40-42-44-46-48-50-52-54-56-62(66)61(60-71-72(68,69)70-59-58-65(3,4)5)64-63(67)57-55-53-51-49-47-45-43-41-39-36-27-25-23-21-19-17-15-13-11-9-7-2/h19,21,25,27,46,48,54,56,61-62,66H,6-18,20,22-24,26,28-45,47,49-53,55,57-60H2,1-5H3,(H-,64,67,68,69)/b21-19-,27-25-,48-46+,56-54+. The Morgan fingerprint density at radius 2 is 0.819 bits per heavy atom. The van der Waals surface area contributed by atoms with E-state index in [1.165, 1.54) is 231 Å². The summed E-state index contributed by atoms with van der Waals surface area (Å²) in [4.78, 5) is 25.5. The molecule has 0 fully saturated rings. The minimum atomic E-state index is -4.61. The molecule has 0 aliphatic carbocycles. The van der Waals surface area contributed by atoms with Gasteiger partial charge in [0.1, 0.15) is 13.2 Å². The van der Waals surface area contributed by atoms with Gasteiger partial charge in [0.25, 0.3) is 7.82 Å². The molecule has 3 unspecified atom stereocenters. The largest absolute Gasteiger partial charge is 0.756 e. The van der Waals surface area contributed by atoms with E-state index in [2.05, 4.69) is 55.6 Å². The van der Waals surface area contributed by atoms with Crippen LogP contribution in [0.25, 0.3) is 0 Å². The second kappa shape index (κ2) is 54.3. The van der Waals surface area contributed by atoms with E-state index in [0.29, 0.717) is 17.4 Å². The Morgan fingerprint density at radius 3 is 1.21 bits per heavy atom. The number of unbranched alkanes of at least 4 members (excludes halogenated alkanes) is 38. The van der Waals surface area contributed by atoms with Gasteiger partial charge in [-0.05, 0) is 64.2 Å². The maximum absolute atomic E-state index is 13.0. The first-order valence-corrected chi connectivity index (χ1v) is 32.5. The Hall–Kier alpha value is -1.54. The highest BCUT2D eigenvalue weighted by Crippen LogP contribution is 2.38. The molecule has 0 aliphatic rings. The van der Waals surface area contributed by atoms with E-state index < -0.39 is 26.6 Å². The van der Waals surface area contributed by atoms with Crippen molar-refractivity contribution in [1.29, 1.82) is 0 Å². The number of carbonyl (C=O) groups excluding carboxylic acids is 1. The molecule has 3 atom stereocenters. The van der Waals surface area contributed by atoms with Gasteiger partial charge in [-0.15, -0.1) is 0 Å². The smallest absolute Gasteiger partial charge is 0.268 e. The Balaban J connectivity index is 4.19. The van der Waals surface area contributed by atoms with Crippen LogP contribution in [0.4, 0.5) is 0 Å². The molecule has 0 saturated carbocycles. The van der Waals surface area contributed by atoms with Crippen molar-refractivity contribution >= 4 is 13.7 Å². The highest BCUT2D eigenvalue weighted by Gasteiger charge is 2.23. The number of aliphatic hydroxyl groups excluding tert-OH is 1. The number of nitrogens with one attached hydrogen (secondary N) is 1. The number of nitrogens with zero attached hydrogens (tertiary/aromatic N) is 1. The number of phosphoric acid groups is 1. The Kier molecular flexibility index (Phi) is 53.1. The normalized spacial score (nSPS) is 14.2. The lowest BCUT2D eigenvalue weighted by Gasteiger charge is -2.29. The van der Waals surface area contributed by atoms with Gasteiger partial charge in [0, 0.05) is 6.42 Å². The van der Waals surface area contributed by atoms with E-state index in [1.807, 2.05) is 27.2 Å². The lowest BCUT2D eigenvalue weighted by atomic mass is 10.0. The van der Waals surface area contributed by atoms with Crippen LogP contribution in [0.1, 0.15) is 296 Å². The number of phosphoric ester groups is 1. The molecule has 0 spiro atoms. The third-order valence-electron chi connectivity index (χ3n) is 14.0. The molecule has 9 heteroatoms. The number of aliphatic hydroxyl groups is 1. The van der Waals surface area contributed by atoms with Crippen LogP contribution in [-0.2, 0) is 18.4 Å². The molecular formula is C63H121N2O6P. The van der Waals surface area contributed by atoms with Crippen LogP contribution in [-0.4, -0.2) is 68.5 Å². The van der Waals surface area contributed by atoms with Crippen LogP contribution in [0.5, 0.6) is 0 Å². The number of hydrogen-bond acceptors (Lipinski definition) is 6. The molecule has 424 valence electrons. The molecule has 0 aromatic heterocycles. The van der Waals surface area contributed by atoms with Crippen LogP contribution in [0.15, 0.2) is 48.6 Å². The molecule has 0 heterocycles. The minimum absolute atomic E-state index is 0.00776.